The highest BCUT2D eigenvalue weighted by Crippen LogP contribution is 2.23. The summed E-state index contributed by atoms with van der Waals surface area (Å²) in [6.45, 7) is 19.8. The molecule has 1 nitrogen and oxygen atoms in total. The smallest absolute Gasteiger partial charge is 0.128 e. The number of allylic oxidation sites excluding steroid dienone is 4. The fourth-order valence-electron chi connectivity index (χ4n) is 1.33. The summed E-state index contributed by atoms with van der Waals surface area (Å²) >= 11 is 0. The zero-order chi connectivity index (χ0) is 12.2. The fraction of sp³-hybridized carbons (Fsp3) is 0.429. The normalized spacial score (nSPS) is 9.20. The molecule has 0 aliphatic heterocycles. The van der Waals surface area contributed by atoms with Crippen molar-refractivity contribution >= 4 is 0 Å². The fourth-order valence-corrected chi connectivity index (χ4v) is 1.33. The lowest BCUT2D eigenvalue weighted by atomic mass is 10.1. The molecule has 0 saturated heterocycles. The highest BCUT2D eigenvalue weighted by atomic mass is 16.5. The van der Waals surface area contributed by atoms with E-state index >= 15 is 0 Å². The Hall–Kier alpha value is -1.24. The van der Waals surface area contributed by atoms with Crippen LogP contribution in [0.3, 0.4) is 0 Å². The first-order chi connectivity index (χ1) is 6.77. The molecule has 1 heteroatoms. The van der Waals surface area contributed by atoms with Gasteiger partial charge in [0.1, 0.15) is 11.5 Å². The van der Waals surface area contributed by atoms with Gasteiger partial charge in [-0.2, -0.15) is 0 Å². The van der Waals surface area contributed by atoms with Gasteiger partial charge in [0.25, 0.3) is 0 Å². The minimum atomic E-state index is 0.856. The van der Waals surface area contributed by atoms with Crippen molar-refractivity contribution in [2.24, 2.45) is 0 Å². The van der Waals surface area contributed by atoms with Crippen molar-refractivity contribution < 1.29 is 4.74 Å². The molecule has 0 radical (unpaired) electrons. The Morgan fingerprint density at radius 2 is 0.933 bits per heavy atom. The van der Waals surface area contributed by atoms with E-state index < -0.39 is 0 Å². The highest BCUT2D eigenvalue weighted by molar-refractivity contribution is 5.32. The quantitative estimate of drug-likeness (QED) is 0.476. The zero-order valence-corrected chi connectivity index (χ0v) is 10.8. The second kappa shape index (κ2) is 5.59. The molecule has 0 N–H and O–H groups in total. The van der Waals surface area contributed by atoms with Gasteiger partial charge in [-0.15, -0.1) is 0 Å². The predicted molar refractivity (Wildman–Crippen MR) is 67.5 cm³/mol. The molecule has 0 spiro atoms. The van der Waals surface area contributed by atoms with Gasteiger partial charge in [0.05, 0.1) is 0 Å². The summed E-state index contributed by atoms with van der Waals surface area (Å²) in [5, 5.41) is 0. The summed E-state index contributed by atoms with van der Waals surface area (Å²) in [6, 6.07) is 0. The van der Waals surface area contributed by atoms with Crippen molar-refractivity contribution in [2.75, 3.05) is 0 Å². The van der Waals surface area contributed by atoms with Crippen molar-refractivity contribution in [2.45, 2.75) is 41.5 Å². The molecule has 0 aromatic heterocycles. The van der Waals surface area contributed by atoms with E-state index in [0.717, 1.165) is 33.8 Å². The minimum Gasteiger partial charge on any atom is -0.457 e. The highest BCUT2D eigenvalue weighted by Gasteiger charge is 2.08. The molecule has 0 fully saturated rings. The molecule has 0 atom stereocenters. The van der Waals surface area contributed by atoms with Gasteiger partial charge in [-0.25, -0.2) is 0 Å². The minimum absolute atomic E-state index is 0.856. The Morgan fingerprint density at radius 3 is 1.07 bits per heavy atom. The van der Waals surface area contributed by atoms with Gasteiger partial charge >= 0.3 is 0 Å². The molecular formula is C14H22O. The van der Waals surface area contributed by atoms with Gasteiger partial charge in [0, 0.05) is 0 Å². The van der Waals surface area contributed by atoms with Crippen LogP contribution >= 0.6 is 0 Å². The van der Waals surface area contributed by atoms with E-state index in [0.29, 0.717) is 0 Å². The average Bonchev–Trinajstić information content (AvgIpc) is 2.01. The van der Waals surface area contributed by atoms with E-state index in [2.05, 4.69) is 13.2 Å². The van der Waals surface area contributed by atoms with Crippen LogP contribution < -0.4 is 0 Å². The molecule has 0 aromatic rings. The van der Waals surface area contributed by atoms with Crippen LogP contribution in [0.5, 0.6) is 0 Å². The number of rotatable bonds is 4. The summed E-state index contributed by atoms with van der Waals surface area (Å²) < 4.78 is 5.86. The first kappa shape index (κ1) is 13.8. The molecule has 0 bridgehead atoms. The van der Waals surface area contributed by atoms with E-state index in [1.54, 1.807) is 0 Å². The van der Waals surface area contributed by atoms with E-state index in [4.69, 9.17) is 4.74 Å². The van der Waals surface area contributed by atoms with Crippen LogP contribution in [0.4, 0.5) is 0 Å². The van der Waals surface area contributed by atoms with Gasteiger partial charge in [-0.1, -0.05) is 13.2 Å². The molecule has 0 rings (SSSR count). The lowest BCUT2D eigenvalue weighted by molar-refractivity contribution is 0.314. The molecule has 0 aliphatic rings. The molecule has 0 unspecified atom stereocenters. The number of hydrogen-bond donors (Lipinski definition) is 0. The van der Waals surface area contributed by atoms with Gasteiger partial charge in [-0.3, -0.25) is 0 Å². The average molecular weight is 206 g/mol. The van der Waals surface area contributed by atoms with Gasteiger partial charge in [-0.05, 0) is 63.8 Å². The molecule has 0 saturated carbocycles. The molecule has 0 aromatic carbocycles. The second-order valence-corrected chi connectivity index (χ2v) is 4.32. The van der Waals surface area contributed by atoms with E-state index in [9.17, 15) is 0 Å². The zero-order valence-electron chi connectivity index (χ0n) is 10.8. The van der Waals surface area contributed by atoms with Crippen molar-refractivity contribution in [3.8, 4) is 0 Å². The van der Waals surface area contributed by atoms with Crippen molar-refractivity contribution in [1.29, 1.82) is 0 Å². The lowest BCUT2D eigenvalue weighted by Crippen LogP contribution is -1.99. The number of ether oxygens (including phenoxy) is 1. The summed E-state index contributed by atoms with van der Waals surface area (Å²) in [7, 11) is 0. The third-order valence-corrected chi connectivity index (χ3v) is 1.89. The van der Waals surface area contributed by atoms with E-state index in [1.165, 1.54) is 0 Å². The largest absolute Gasteiger partial charge is 0.457 e. The first-order valence-electron chi connectivity index (χ1n) is 5.12. The molecule has 84 valence electrons. The van der Waals surface area contributed by atoms with E-state index in [1.807, 2.05) is 41.5 Å². The third-order valence-electron chi connectivity index (χ3n) is 1.89. The van der Waals surface area contributed by atoms with Gasteiger partial charge in [0.2, 0.25) is 0 Å². The van der Waals surface area contributed by atoms with Crippen LogP contribution in [0.1, 0.15) is 41.5 Å². The monoisotopic (exact) mass is 206 g/mol. The van der Waals surface area contributed by atoms with E-state index in [-0.39, 0.29) is 0 Å². The van der Waals surface area contributed by atoms with Crippen LogP contribution in [-0.2, 0) is 4.74 Å². The molecular weight excluding hydrogens is 184 g/mol. The maximum atomic E-state index is 5.86. The van der Waals surface area contributed by atoms with Crippen LogP contribution in [0.2, 0.25) is 0 Å². The number of hydrogen-bond acceptors (Lipinski definition) is 1. The summed E-state index contributed by atoms with van der Waals surface area (Å²) in [5.41, 5.74) is 4.13. The molecule has 0 amide bonds. The lowest BCUT2D eigenvalue weighted by Gasteiger charge is -2.16. The second-order valence-electron chi connectivity index (χ2n) is 4.32. The Balaban J connectivity index is 5.16. The molecule has 0 heterocycles. The third kappa shape index (κ3) is 4.20. The van der Waals surface area contributed by atoms with Crippen LogP contribution in [0.15, 0.2) is 47.0 Å². The standard InChI is InChI=1S/C14H22O/c1-9(2)13(10(3)4)15-14(11(5)6)12(7)8/h1,5H2,2-4,6-8H3. The van der Waals surface area contributed by atoms with Crippen molar-refractivity contribution in [3.63, 3.8) is 0 Å². The Morgan fingerprint density at radius 1 is 0.667 bits per heavy atom. The van der Waals surface area contributed by atoms with Crippen molar-refractivity contribution in [3.05, 3.63) is 47.0 Å². The van der Waals surface area contributed by atoms with Crippen LogP contribution in [0.25, 0.3) is 0 Å². The first-order valence-corrected chi connectivity index (χ1v) is 5.12. The van der Waals surface area contributed by atoms with Gasteiger partial charge < -0.3 is 4.74 Å². The van der Waals surface area contributed by atoms with Crippen molar-refractivity contribution in [1.82, 2.24) is 0 Å². The summed E-state index contributed by atoms with van der Waals surface area (Å²) in [6.07, 6.45) is 0. The van der Waals surface area contributed by atoms with Gasteiger partial charge in [0.15, 0.2) is 0 Å². The predicted octanol–water partition coefficient (Wildman–Crippen LogP) is 4.74. The molecule has 0 aliphatic carbocycles. The summed E-state index contributed by atoms with van der Waals surface area (Å²) in [5.74, 6) is 1.71. The summed E-state index contributed by atoms with van der Waals surface area (Å²) in [4.78, 5) is 0. The Labute approximate surface area is 93.8 Å². The maximum Gasteiger partial charge on any atom is 0.128 e. The Bertz CT molecular complexity index is 298. The van der Waals surface area contributed by atoms with Crippen LogP contribution in [-0.4, -0.2) is 0 Å². The molecule has 15 heavy (non-hydrogen) atoms. The SMILES string of the molecule is C=C(C)C(OC(C(=C)C)=C(C)C)=C(C)C. The maximum absolute atomic E-state index is 5.86. The van der Waals surface area contributed by atoms with Crippen LogP contribution in [0, 0.1) is 0 Å². The topological polar surface area (TPSA) is 9.23 Å². The Kier molecular flexibility index (Phi) is 5.13.